The van der Waals surface area contributed by atoms with Crippen molar-refractivity contribution in [3.8, 4) is 5.82 Å². The van der Waals surface area contributed by atoms with E-state index < -0.39 is 0 Å². The summed E-state index contributed by atoms with van der Waals surface area (Å²) in [6.07, 6.45) is 6.78. The standard InChI is InChI=1S/C23H21N7O/c31-23(29(20-9-4-5-10-24-20)14-18-7-2-1-3-8-18)19-15-28(16-19)21-13-22(26-17-25-21)30-12-6-11-27-30/h1-13,17,19H,14-16H2. The van der Waals surface area contributed by atoms with Gasteiger partial charge in [-0.25, -0.2) is 19.6 Å². The molecule has 1 aliphatic heterocycles. The molecule has 3 aromatic heterocycles. The van der Waals surface area contributed by atoms with Gasteiger partial charge in [-0.15, -0.1) is 0 Å². The molecule has 4 aromatic rings. The predicted molar refractivity (Wildman–Crippen MR) is 117 cm³/mol. The quantitative estimate of drug-likeness (QED) is 0.485. The summed E-state index contributed by atoms with van der Waals surface area (Å²) in [4.78, 5) is 30.3. The number of hydrogen-bond acceptors (Lipinski definition) is 6. The van der Waals surface area contributed by atoms with E-state index in [9.17, 15) is 4.79 Å². The Kier molecular flexibility index (Phi) is 5.10. The third kappa shape index (κ3) is 4.00. The van der Waals surface area contributed by atoms with Crippen LogP contribution in [-0.2, 0) is 11.3 Å². The summed E-state index contributed by atoms with van der Waals surface area (Å²) < 4.78 is 1.69. The first-order valence-electron chi connectivity index (χ1n) is 10.1. The zero-order chi connectivity index (χ0) is 21.0. The van der Waals surface area contributed by atoms with Gasteiger partial charge in [-0.3, -0.25) is 9.69 Å². The molecule has 8 heteroatoms. The van der Waals surface area contributed by atoms with Gasteiger partial charge in [-0.1, -0.05) is 36.4 Å². The lowest BCUT2D eigenvalue weighted by Crippen LogP contribution is -2.55. The third-order valence-corrected chi connectivity index (χ3v) is 5.31. The van der Waals surface area contributed by atoms with Crippen molar-refractivity contribution in [1.82, 2.24) is 24.7 Å². The number of benzene rings is 1. The number of pyridine rings is 1. The molecule has 8 nitrogen and oxygen atoms in total. The smallest absolute Gasteiger partial charge is 0.235 e. The Hall–Kier alpha value is -4.07. The highest BCUT2D eigenvalue weighted by Gasteiger charge is 2.37. The number of nitrogens with zero attached hydrogens (tertiary/aromatic N) is 7. The monoisotopic (exact) mass is 411 g/mol. The van der Waals surface area contributed by atoms with E-state index in [1.165, 1.54) is 6.33 Å². The van der Waals surface area contributed by atoms with Crippen molar-refractivity contribution in [3.05, 3.63) is 91.1 Å². The highest BCUT2D eigenvalue weighted by Crippen LogP contribution is 2.27. The van der Waals surface area contributed by atoms with Crippen LogP contribution in [0.4, 0.5) is 11.6 Å². The molecule has 0 N–H and O–H groups in total. The van der Waals surface area contributed by atoms with Gasteiger partial charge in [0, 0.05) is 37.7 Å². The molecular weight excluding hydrogens is 390 g/mol. The van der Waals surface area contributed by atoms with Crippen molar-refractivity contribution in [3.63, 3.8) is 0 Å². The highest BCUT2D eigenvalue weighted by molar-refractivity contribution is 5.95. The van der Waals surface area contributed by atoms with Crippen molar-refractivity contribution in [2.45, 2.75) is 6.54 Å². The number of amides is 1. The van der Waals surface area contributed by atoms with E-state index >= 15 is 0 Å². The van der Waals surface area contributed by atoms with Crippen LogP contribution in [0.2, 0.25) is 0 Å². The van der Waals surface area contributed by atoms with Gasteiger partial charge in [0.15, 0.2) is 5.82 Å². The average Bonchev–Trinajstić information content (AvgIpc) is 3.33. The molecule has 154 valence electrons. The van der Waals surface area contributed by atoms with Gasteiger partial charge in [0.25, 0.3) is 0 Å². The summed E-state index contributed by atoms with van der Waals surface area (Å²) in [5.74, 6) is 2.10. The molecule has 1 amide bonds. The summed E-state index contributed by atoms with van der Waals surface area (Å²) in [5, 5.41) is 4.21. The summed E-state index contributed by atoms with van der Waals surface area (Å²) in [6, 6.07) is 19.3. The Morgan fingerprint density at radius 2 is 1.74 bits per heavy atom. The topological polar surface area (TPSA) is 80.0 Å². The molecule has 0 spiro atoms. The zero-order valence-corrected chi connectivity index (χ0v) is 16.8. The molecule has 0 aliphatic carbocycles. The summed E-state index contributed by atoms with van der Waals surface area (Å²) in [5.41, 5.74) is 1.07. The van der Waals surface area contributed by atoms with Crippen molar-refractivity contribution in [1.29, 1.82) is 0 Å². The minimum absolute atomic E-state index is 0.0696. The highest BCUT2D eigenvalue weighted by atomic mass is 16.2. The van der Waals surface area contributed by atoms with Crippen molar-refractivity contribution >= 4 is 17.5 Å². The minimum Gasteiger partial charge on any atom is -0.355 e. The first-order chi connectivity index (χ1) is 15.3. The second-order valence-corrected chi connectivity index (χ2v) is 7.38. The number of rotatable bonds is 6. The second-order valence-electron chi connectivity index (χ2n) is 7.38. The second kappa shape index (κ2) is 8.35. The van der Waals surface area contributed by atoms with E-state index in [4.69, 9.17) is 0 Å². The van der Waals surface area contributed by atoms with Crippen LogP contribution in [0.3, 0.4) is 0 Å². The molecule has 1 fully saturated rings. The number of hydrogen-bond donors (Lipinski definition) is 0. The summed E-state index contributed by atoms with van der Waals surface area (Å²) >= 11 is 0. The van der Waals surface area contributed by atoms with Crippen LogP contribution < -0.4 is 9.80 Å². The maximum Gasteiger partial charge on any atom is 0.235 e. The van der Waals surface area contributed by atoms with E-state index in [-0.39, 0.29) is 11.8 Å². The van der Waals surface area contributed by atoms with E-state index in [0.717, 1.165) is 11.4 Å². The fourth-order valence-corrected chi connectivity index (χ4v) is 3.63. The van der Waals surface area contributed by atoms with Gasteiger partial charge < -0.3 is 4.90 Å². The molecule has 1 saturated heterocycles. The molecule has 0 radical (unpaired) electrons. The van der Waals surface area contributed by atoms with Crippen LogP contribution in [0.25, 0.3) is 5.82 Å². The first-order valence-corrected chi connectivity index (χ1v) is 10.1. The van der Waals surface area contributed by atoms with Crippen LogP contribution in [0.1, 0.15) is 5.56 Å². The van der Waals surface area contributed by atoms with Crippen LogP contribution in [0.5, 0.6) is 0 Å². The Morgan fingerprint density at radius 1 is 0.935 bits per heavy atom. The number of aromatic nitrogens is 5. The lowest BCUT2D eigenvalue weighted by atomic mass is 9.98. The fraction of sp³-hybridized carbons (Fsp3) is 0.174. The normalized spacial score (nSPS) is 13.6. The average molecular weight is 411 g/mol. The van der Waals surface area contributed by atoms with Crippen molar-refractivity contribution in [2.24, 2.45) is 5.92 Å². The molecule has 4 heterocycles. The predicted octanol–water partition coefficient (Wildman–Crippen LogP) is 2.73. The van der Waals surface area contributed by atoms with Gasteiger partial charge in [0.2, 0.25) is 5.91 Å². The Bertz CT molecular complexity index is 1140. The molecule has 0 saturated carbocycles. The van der Waals surface area contributed by atoms with E-state index in [0.29, 0.717) is 31.3 Å². The lowest BCUT2D eigenvalue weighted by Gasteiger charge is -2.41. The molecule has 0 bridgehead atoms. The zero-order valence-electron chi connectivity index (χ0n) is 16.8. The van der Waals surface area contributed by atoms with Gasteiger partial charge in [-0.05, 0) is 23.8 Å². The van der Waals surface area contributed by atoms with Crippen LogP contribution in [0.15, 0.2) is 85.6 Å². The number of carbonyl (C=O) groups is 1. The molecule has 0 atom stereocenters. The summed E-state index contributed by atoms with van der Waals surface area (Å²) in [7, 11) is 0. The van der Waals surface area contributed by atoms with Crippen LogP contribution in [-0.4, -0.2) is 43.7 Å². The maximum atomic E-state index is 13.4. The van der Waals surface area contributed by atoms with E-state index in [1.807, 2.05) is 66.9 Å². The summed E-state index contributed by atoms with van der Waals surface area (Å²) in [6.45, 7) is 1.70. The third-order valence-electron chi connectivity index (χ3n) is 5.31. The molecule has 0 unspecified atom stereocenters. The molecule has 5 rings (SSSR count). The van der Waals surface area contributed by atoms with Crippen molar-refractivity contribution < 1.29 is 4.79 Å². The number of carbonyl (C=O) groups excluding carboxylic acids is 1. The maximum absolute atomic E-state index is 13.4. The molecule has 1 aliphatic rings. The lowest BCUT2D eigenvalue weighted by molar-refractivity contribution is -0.123. The SMILES string of the molecule is O=C(C1CN(c2cc(-n3cccn3)ncn2)C1)N(Cc1ccccc1)c1ccccn1. The van der Waals surface area contributed by atoms with Crippen LogP contribution in [0, 0.1) is 5.92 Å². The number of anilines is 2. The molecule has 1 aromatic carbocycles. The van der Waals surface area contributed by atoms with Crippen molar-refractivity contribution in [2.75, 3.05) is 22.9 Å². The minimum atomic E-state index is -0.117. The van der Waals surface area contributed by atoms with Gasteiger partial charge in [0.05, 0.1) is 12.5 Å². The van der Waals surface area contributed by atoms with E-state index in [2.05, 4.69) is 25.0 Å². The Balaban J connectivity index is 1.31. The Morgan fingerprint density at radius 3 is 2.48 bits per heavy atom. The van der Waals surface area contributed by atoms with Gasteiger partial charge in [-0.2, -0.15) is 5.10 Å². The largest absolute Gasteiger partial charge is 0.355 e. The fourth-order valence-electron chi connectivity index (χ4n) is 3.63. The Labute approximate surface area is 179 Å². The van der Waals surface area contributed by atoms with E-state index in [1.54, 1.807) is 22.0 Å². The van der Waals surface area contributed by atoms with Gasteiger partial charge >= 0.3 is 0 Å². The first kappa shape index (κ1) is 18.9. The van der Waals surface area contributed by atoms with Crippen LogP contribution >= 0.6 is 0 Å². The molecule has 31 heavy (non-hydrogen) atoms. The molecular formula is C23H21N7O. The van der Waals surface area contributed by atoms with Gasteiger partial charge in [0.1, 0.15) is 18.0 Å².